The number of nitrogens with one attached hydrogen (secondary N) is 2. The summed E-state index contributed by atoms with van der Waals surface area (Å²) in [4.78, 5) is 13.5. The lowest BCUT2D eigenvalue weighted by Gasteiger charge is -2.23. The Morgan fingerprint density at radius 2 is 2.26 bits per heavy atom. The highest BCUT2D eigenvalue weighted by Crippen LogP contribution is 2.26. The van der Waals surface area contributed by atoms with Gasteiger partial charge in [-0.1, -0.05) is 11.6 Å². The Bertz CT molecular complexity index is 624. The number of pyridine rings is 1. The first-order valence-corrected chi connectivity index (χ1v) is 10.1. The summed E-state index contributed by atoms with van der Waals surface area (Å²) in [6.45, 7) is 5.49. The second-order valence-electron chi connectivity index (χ2n) is 7.14. The Balaban J connectivity index is 1.42. The minimum Gasteiger partial charge on any atom is -0.383 e. The van der Waals surface area contributed by atoms with Crippen LogP contribution in [0.1, 0.15) is 19.3 Å². The number of aliphatic imine (C=N–C) groups is 1. The van der Waals surface area contributed by atoms with Crippen LogP contribution in [0.3, 0.4) is 0 Å². The summed E-state index contributed by atoms with van der Waals surface area (Å²) >= 11 is 6.28. The first-order valence-electron chi connectivity index (χ1n) is 9.77. The zero-order valence-corrected chi connectivity index (χ0v) is 17.1. The van der Waals surface area contributed by atoms with Gasteiger partial charge in [0.15, 0.2) is 5.96 Å². The maximum Gasteiger partial charge on any atom is 0.191 e. The molecule has 1 saturated carbocycles. The molecule has 0 aromatic carbocycles. The molecule has 1 unspecified atom stereocenters. The maximum absolute atomic E-state index is 6.28. The molecular formula is C19H31ClN6O. The summed E-state index contributed by atoms with van der Waals surface area (Å²) in [6, 6.07) is 4.83. The molecule has 1 saturated heterocycles. The fraction of sp³-hybridized carbons (Fsp3) is 0.684. The quantitative estimate of drug-likeness (QED) is 0.490. The predicted octanol–water partition coefficient (Wildman–Crippen LogP) is 1.59. The molecule has 2 fully saturated rings. The van der Waals surface area contributed by atoms with Gasteiger partial charge >= 0.3 is 0 Å². The van der Waals surface area contributed by atoms with E-state index in [1.807, 2.05) is 19.2 Å². The van der Waals surface area contributed by atoms with E-state index in [1.165, 1.54) is 12.8 Å². The highest BCUT2D eigenvalue weighted by Gasteiger charge is 2.28. The van der Waals surface area contributed by atoms with E-state index in [2.05, 4.69) is 30.4 Å². The van der Waals surface area contributed by atoms with Crippen molar-refractivity contribution in [2.45, 2.75) is 31.3 Å². The van der Waals surface area contributed by atoms with Gasteiger partial charge in [-0.15, -0.1) is 0 Å². The van der Waals surface area contributed by atoms with Gasteiger partial charge in [0.25, 0.3) is 0 Å². The number of halogens is 1. The Hall–Kier alpha value is -1.57. The van der Waals surface area contributed by atoms with E-state index in [0.29, 0.717) is 11.1 Å². The fourth-order valence-corrected chi connectivity index (χ4v) is 3.75. The molecule has 0 spiro atoms. The Morgan fingerprint density at radius 1 is 1.41 bits per heavy atom. The summed E-state index contributed by atoms with van der Waals surface area (Å²) < 4.78 is 5.23. The maximum atomic E-state index is 6.28. The van der Waals surface area contributed by atoms with Gasteiger partial charge in [-0.05, 0) is 31.4 Å². The highest BCUT2D eigenvalue weighted by atomic mass is 35.5. The van der Waals surface area contributed by atoms with E-state index >= 15 is 0 Å². The van der Waals surface area contributed by atoms with Crippen molar-refractivity contribution >= 4 is 23.4 Å². The normalized spacial score (nSPS) is 20.4. The third-order valence-corrected chi connectivity index (χ3v) is 5.42. The lowest BCUT2D eigenvalue weighted by Crippen LogP contribution is -2.47. The third-order valence-electron chi connectivity index (χ3n) is 5.13. The summed E-state index contributed by atoms with van der Waals surface area (Å²) in [7, 11) is 3.58. The number of aromatic nitrogens is 1. The van der Waals surface area contributed by atoms with E-state index in [4.69, 9.17) is 16.3 Å². The van der Waals surface area contributed by atoms with E-state index in [9.17, 15) is 0 Å². The van der Waals surface area contributed by atoms with Gasteiger partial charge in [-0.25, -0.2) is 4.98 Å². The zero-order chi connectivity index (χ0) is 19.1. The van der Waals surface area contributed by atoms with Crippen molar-refractivity contribution in [2.24, 2.45) is 4.99 Å². The fourth-order valence-electron chi connectivity index (χ4n) is 3.51. The molecule has 27 heavy (non-hydrogen) atoms. The molecule has 1 aliphatic heterocycles. The smallest absolute Gasteiger partial charge is 0.191 e. The van der Waals surface area contributed by atoms with Crippen molar-refractivity contribution in [3.05, 3.63) is 23.4 Å². The van der Waals surface area contributed by atoms with Crippen LogP contribution < -0.4 is 15.5 Å². The van der Waals surface area contributed by atoms with Crippen molar-refractivity contribution in [2.75, 3.05) is 58.4 Å². The molecule has 7 nitrogen and oxygen atoms in total. The van der Waals surface area contributed by atoms with E-state index in [0.717, 1.165) is 63.6 Å². The van der Waals surface area contributed by atoms with E-state index < -0.39 is 0 Å². The highest BCUT2D eigenvalue weighted by molar-refractivity contribution is 6.32. The van der Waals surface area contributed by atoms with Gasteiger partial charge < -0.3 is 20.3 Å². The monoisotopic (exact) mass is 394 g/mol. The van der Waals surface area contributed by atoms with Crippen molar-refractivity contribution in [3.8, 4) is 0 Å². The first kappa shape index (κ1) is 20.2. The molecule has 3 rings (SSSR count). The molecule has 0 bridgehead atoms. The minimum atomic E-state index is 0.335. The summed E-state index contributed by atoms with van der Waals surface area (Å²) in [5.74, 6) is 1.72. The molecule has 1 atom stereocenters. The largest absolute Gasteiger partial charge is 0.383 e. The average Bonchev–Trinajstić information content (AvgIpc) is 3.42. The van der Waals surface area contributed by atoms with Gasteiger partial charge in [-0.3, -0.25) is 9.89 Å². The number of guanidine groups is 1. The van der Waals surface area contributed by atoms with Crippen LogP contribution in [0.5, 0.6) is 0 Å². The van der Waals surface area contributed by atoms with Crippen LogP contribution in [0, 0.1) is 0 Å². The lowest BCUT2D eigenvalue weighted by molar-refractivity contribution is 0.144. The SMILES string of the molecule is CN=C(NCCN(CCOC)C1CC1)NC1CCN(c2ncccc2Cl)C1. The van der Waals surface area contributed by atoms with Crippen LogP contribution in [0.4, 0.5) is 5.82 Å². The van der Waals surface area contributed by atoms with Crippen molar-refractivity contribution < 1.29 is 4.74 Å². The number of rotatable bonds is 9. The molecule has 0 radical (unpaired) electrons. The van der Waals surface area contributed by atoms with Gasteiger partial charge in [0, 0.05) is 65.2 Å². The van der Waals surface area contributed by atoms with E-state index in [1.54, 1.807) is 13.3 Å². The van der Waals surface area contributed by atoms with Crippen molar-refractivity contribution in [1.82, 2.24) is 20.5 Å². The topological polar surface area (TPSA) is 65.0 Å². The molecule has 1 aliphatic carbocycles. The molecular weight excluding hydrogens is 364 g/mol. The third kappa shape index (κ3) is 5.96. The molecule has 2 N–H and O–H groups in total. The van der Waals surface area contributed by atoms with Gasteiger partial charge in [0.1, 0.15) is 5.82 Å². The molecule has 150 valence electrons. The number of hydrogen-bond donors (Lipinski definition) is 2. The zero-order valence-electron chi connectivity index (χ0n) is 16.3. The predicted molar refractivity (Wildman–Crippen MR) is 111 cm³/mol. The van der Waals surface area contributed by atoms with Crippen LogP contribution >= 0.6 is 11.6 Å². The van der Waals surface area contributed by atoms with Crippen LogP contribution in [-0.2, 0) is 4.74 Å². The van der Waals surface area contributed by atoms with Gasteiger partial charge in [0.05, 0.1) is 11.6 Å². The Kier molecular flexibility index (Phi) is 7.55. The minimum absolute atomic E-state index is 0.335. The van der Waals surface area contributed by atoms with Gasteiger partial charge in [-0.2, -0.15) is 0 Å². The summed E-state index contributed by atoms with van der Waals surface area (Å²) in [5, 5.41) is 7.68. The molecule has 0 amide bonds. The van der Waals surface area contributed by atoms with Gasteiger partial charge in [0.2, 0.25) is 0 Å². The Labute approximate surface area is 167 Å². The summed E-state index contributed by atoms with van der Waals surface area (Å²) in [5.41, 5.74) is 0. The molecule has 1 aromatic heterocycles. The number of hydrogen-bond acceptors (Lipinski definition) is 5. The van der Waals surface area contributed by atoms with Crippen LogP contribution in [0.15, 0.2) is 23.3 Å². The van der Waals surface area contributed by atoms with Crippen LogP contribution in [0.25, 0.3) is 0 Å². The number of nitrogens with zero attached hydrogens (tertiary/aromatic N) is 4. The second-order valence-corrected chi connectivity index (χ2v) is 7.55. The van der Waals surface area contributed by atoms with Crippen LogP contribution in [0.2, 0.25) is 5.02 Å². The molecule has 2 aliphatic rings. The Morgan fingerprint density at radius 3 is 2.96 bits per heavy atom. The van der Waals surface area contributed by atoms with Crippen molar-refractivity contribution in [1.29, 1.82) is 0 Å². The molecule has 2 heterocycles. The van der Waals surface area contributed by atoms with Crippen LogP contribution in [-0.4, -0.2) is 81.4 Å². The summed E-state index contributed by atoms with van der Waals surface area (Å²) in [6.07, 6.45) is 5.45. The number of methoxy groups -OCH3 is 1. The average molecular weight is 395 g/mol. The standard InChI is InChI=1S/C19H31ClN6O/c1-21-19(23-9-11-25(12-13-27-2)16-5-6-16)24-15-7-10-26(14-15)18-17(20)4-3-8-22-18/h3-4,8,15-16H,5-7,9-14H2,1-2H3,(H2,21,23,24). The number of ether oxygens (including phenoxy) is 1. The van der Waals surface area contributed by atoms with Crippen molar-refractivity contribution in [3.63, 3.8) is 0 Å². The molecule has 1 aromatic rings. The first-order chi connectivity index (χ1) is 13.2. The molecule has 8 heteroatoms. The number of anilines is 1. The van der Waals surface area contributed by atoms with E-state index in [-0.39, 0.29) is 0 Å². The second kappa shape index (κ2) is 10.1. The lowest BCUT2D eigenvalue weighted by atomic mass is 10.3.